The molecule has 2 aromatic rings. The van der Waals surface area contributed by atoms with E-state index in [0.29, 0.717) is 24.6 Å². The quantitative estimate of drug-likeness (QED) is 0.621. The summed E-state index contributed by atoms with van der Waals surface area (Å²) < 4.78 is 0. The van der Waals surface area contributed by atoms with E-state index in [-0.39, 0.29) is 11.4 Å². The third kappa shape index (κ3) is 3.42. The first-order valence-corrected chi connectivity index (χ1v) is 9.74. The normalized spacial score (nSPS) is 22.1. The number of hydrogen-bond donors (Lipinski definition) is 0. The van der Waals surface area contributed by atoms with E-state index in [1.807, 2.05) is 6.07 Å². The number of benzene rings is 2. The monoisotopic (exact) mass is 362 g/mol. The van der Waals surface area contributed by atoms with E-state index in [9.17, 15) is 9.59 Å². The van der Waals surface area contributed by atoms with Crippen LogP contribution in [-0.4, -0.2) is 53.7 Å². The van der Waals surface area contributed by atoms with Crippen LogP contribution in [-0.2, 0) is 4.79 Å². The lowest BCUT2D eigenvalue weighted by molar-refractivity contribution is -0.128. The minimum atomic E-state index is -0.395. The summed E-state index contributed by atoms with van der Waals surface area (Å²) in [5, 5.41) is 0. The number of nitrogens with zero attached hydrogens (tertiary/aromatic N) is 2. The van der Waals surface area contributed by atoms with E-state index in [1.165, 1.54) is 5.56 Å². The van der Waals surface area contributed by atoms with Crippen LogP contribution in [0, 0.1) is 0 Å². The zero-order chi connectivity index (χ0) is 18.9. The summed E-state index contributed by atoms with van der Waals surface area (Å²) in [7, 11) is 2.20. The first-order chi connectivity index (χ1) is 13.1. The maximum atomic E-state index is 12.6. The Bertz CT molecular complexity index is 811. The molecule has 4 rings (SSSR count). The number of likely N-dealkylation sites (N-methyl/N-ethyl adjacent to an activating group) is 1. The first-order valence-electron chi connectivity index (χ1n) is 9.74. The molecule has 0 radical (unpaired) electrons. The lowest BCUT2D eigenvalue weighted by Gasteiger charge is -2.43. The summed E-state index contributed by atoms with van der Waals surface area (Å²) in [5.41, 5.74) is 2.02. The molecule has 1 atom stereocenters. The number of carbonyl (C=O) groups excluding carboxylic acids is 2. The van der Waals surface area contributed by atoms with Gasteiger partial charge < -0.3 is 4.90 Å². The second kappa shape index (κ2) is 7.28. The molecule has 4 heteroatoms. The van der Waals surface area contributed by atoms with Gasteiger partial charge in [0, 0.05) is 30.7 Å². The largest absolute Gasteiger partial charge is 0.336 e. The van der Waals surface area contributed by atoms with E-state index in [2.05, 4.69) is 42.3 Å². The second-order valence-corrected chi connectivity index (χ2v) is 7.90. The Morgan fingerprint density at radius 3 is 2.15 bits per heavy atom. The van der Waals surface area contributed by atoms with Crippen LogP contribution in [0.2, 0.25) is 0 Å². The lowest BCUT2D eigenvalue weighted by Crippen LogP contribution is -2.53. The molecule has 27 heavy (non-hydrogen) atoms. The minimum Gasteiger partial charge on any atom is -0.336 e. The van der Waals surface area contributed by atoms with Gasteiger partial charge >= 0.3 is 0 Å². The van der Waals surface area contributed by atoms with Crippen molar-refractivity contribution < 1.29 is 9.59 Å². The maximum absolute atomic E-state index is 12.6. The van der Waals surface area contributed by atoms with Gasteiger partial charge in [0.15, 0.2) is 0 Å². The van der Waals surface area contributed by atoms with Crippen LogP contribution in [0.15, 0.2) is 60.7 Å². The van der Waals surface area contributed by atoms with E-state index >= 15 is 0 Å². The maximum Gasteiger partial charge on any atom is 0.294 e. The molecule has 2 aliphatic heterocycles. The number of ketones is 1. The SMILES string of the molecule is CN1CC(c2ccccc2)CC12CCN(C(=O)C(=O)c1ccccc1)CC2. The minimum absolute atomic E-state index is 0.146. The number of Topliss-reactive ketones (excluding diaryl/α,β-unsaturated/α-hetero) is 1. The van der Waals surface area contributed by atoms with Gasteiger partial charge in [-0.1, -0.05) is 60.7 Å². The molecule has 0 saturated carbocycles. The Balaban J connectivity index is 1.41. The molecular weight excluding hydrogens is 336 g/mol. The topological polar surface area (TPSA) is 40.6 Å². The standard InChI is InChI=1S/C23H26N2O2/c1-24-17-20(18-8-4-2-5-9-18)16-23(24)12-14-25(15-13-23)22(27)21(26)19-10-6-3-7-11-19/h2-11,20H,12-17H2,1H3. The van der Waals surface area contributed by atoms with Crippen molar-refractivity contribution in [2.24, 2.45) is 0 Å². The molecule has 0 aliphatic carbocycles. The van der Waals surface area contributed by atoms with Crippen LogP contribution in [0.25, 0.3) is 0 Å². The van der Waals surface area contributed by atoms with Crippen molar-refractivity contribution in [3.05, 3.63) is 71.8 Å². The number of carbonyl (C=O) groups is 2. The highest BCUT2D eigenvalue weighted by atomic mass is 16.2. The Morgan fingerprint density at radius 2 is 1.52 bits per heavy atom. The van der Waals surface area contributed by atoms with Crippen molar-refractivity contribution in [1.29, 1.82) is 0 Å². The molecule has 2 heterocycles. The zero-order valence-corrected chi connectivity index (χ0v) is 15.8. The number of amides is 1. The number of likely N-dealkylation sites (tertiary alicyclic amines) is 2. The van der Waals surface area contributed by atoms with Crippen LogP contribution < -0.4 is 0 Å². The Labute approximate surface area is 160 Å². The van der Waals surface area contributed by atoms with Crippen molar-refractivity contribution in [2.45, 2.75) is 30.7 Å². The Morgan fingerprint density at radius 1 is 0.926 bits per heavy atom. The average Bonchev–Trinajstić information content (AvgIpc) is 3.05. The smallest absolute Gasteiger partial charge is 0.294 e. The van der Waals surface area contributed by atoms with Gasteiger partial charge in [-0.2, -0.15) is 0 Å². The highest BCUT2D eigenvalue weighted by Gasteiger charge is 2.46. The summed E-state index contributed by atoms with van der Waals surface area (Å²) in [6, 6.07) is 19.6. The third-order valence-corrected chi connectivity index (χ3v) is 6.41. The van der Waals surface area contributed by atoms with Gasteiger partial charge in [-0.25, -0.2) is 0 Å². The van der Waals surface area contributed by atoms with Crippen LogP contribution in [0.5, 0.6) is 0 Å². The molecule has 0 bridgehead atoms. The Hall–Kier alpha value is -2.46. The highest BCUT2D eigenvalue weighted by molar-refractivity contribution is 6.42. The molecule has 1 unspecified atom stereocenters. The molecule has 1 amide bonds. The second-order valence-electron chi connectivity index (χ2n) is 7.90. The van der Waals surface area contributed by atoms with Gasteiger partial charge in [-0.3, -0.25) is 14.5 Å². The summed E-state index contributed by atoms with van der Waals surface area (Å²) >= 11 is 0. The molecule has 0 aromatic heterocycles. The van der Waals surface area contributed by atoms with Crippen LogP contribution >= 0.6 is 0 Å². The molecule has 0 N–H and O–H groups in total. The zero-order valence-electron chi connectivity index (χ0n) is 15.8. The van der Waals surface area contributed by atoms with E-state index in [0.717, 1.165) is 25.8 Å². The van der Waals surface area contributed by atoms with Crippen molar-refractivity contribution >= 4 is 11.7 Å². The number of hydrogen-bond acceptors (Lipinski definition) is 3. The summed E-state index contributed by atoms with van der Waals surface area (Å²) in [6.45, 7) is 2.37. The fourth-order valence-electron chi connectivity index (χ4n) is 4.72. The van der Waals surface area contributed by atoms with Crippen molar-refractivity contribution in [3.8, 4) is 0 Å². The van der Waals surface area contributed by atoms with Crippen LogP contribution in [0.1, 0.15) is 41.1 Å². The van der Waals surface area contributed by atoms with Gasteiger partial charge in [0.25, 0.3) is 5.91 Å². The molecule has 1 spiro atoms. The van der Waals surface area contributed by atoms with Crippen molar-refractivity contribution in [2.75, 3.05) is 26.7 Å². The summed E-state index contributed by atoms with van der Waals surface area (Å²) in [5.74, 6) is -0.214. The van der Waals surface area contributed by atoms with Crippen LogP contribution in [0.3, 0.4) is 0 Å². The average molecular weight is 362 g/mol. The fraction of sp³-hybridized carbons (Fsp3) is 0.391. The molecule has 4 nitrogen and oxygen atoms in total. The van der Waals surface area contributed by atoms with E-state index in [1.54, 1.807) is 29.2 Å². The summed E-state index contributed by atoms with van der Waals surface area (Å²) in [4.78, 5) is 29.3. The predicted molar refractivity (Wildman–Crippen MR) is 106 cm³/mol. The lowest BCUT2D eigenvalue weighted by atomic mass is 9.81. The van der Waals surface area contributed by atoms with Gasteiger partial charge in [-0.15, -0.1) is 0 Å². The summed E-state index contributed by atoms with van der Waals surface area (Å²) in [6.07, 6.45) is 2.99. The van der Waals surface area contributed by atoms with E-state index in [4.69, 9.17) is 0 Å². The molecule has 140 valence electrons. The van der Waals surface area contributed by atoms with E-state index < -0.39 is 5.78 Å². The van der Waals surface area contributed by atoms with Crippen molar-refractivity contribution in [3.63, 3.8) is 0 Å². The van der Waals surface area contributed by atoms with Gasteiger partial charge in [-0.05, 0) is 37.8 Å². The highest BCUT2D eigenvalue weighted by Crippen LogP contribution is 2.43. The third-order valence-electron chi connectivity index (χ3n) is 6.41. The van der Waals surface area contributed by atoms with Gasteiger partial charge in [0.05, 0.1) is 0 Å². The Kier molecular flexibility index (Phi) is 4.83. The molecule has 2 saturated heterocycles. The number of piperidine rings is 1. The van der Waals surface area contributed by atoms with Crippen LogP contribution in [0.4, 0.5) is 0 Å². The van der Waals surface area contributed by atoms with Crippen molar-refractivity contribution in [1.82, 2.24) is 9.80 Å². The number of rotatable bonds is 3. The molecule has 2 fully saturated rings. The fourth-order valence-corrected chi connectivity index (χ4v) is 4.72. The first kappa shape index (κ1) is 17.9. The molecule has 2 aliphatic rings. The molecular formula is C23H26N2O2. The van der Waals surface area contributed by atoms with Gasteiger partial charge in [0.1, 0.15) is 0 Å². The molecule has 2 aromatic carbocycles. The predicted octanol–water partition coefficient (Wildman–Crippen LogP) is 3.35. The van der Waals surface area contributed by atoms with Gasteiger partial charge in [0.2, 0.25) is 5.78 Å².